The van der Waals surface area contributed by atoms with Gasteiger partial charge in [0.2, 0.25) is 17.6 Å². The van der Waals surface area contributed by atoms with Gasteiger partial charge in [0.15, 0.2) is 0 Å². The fraction of sp³-hybridized carbons (Fsp3) is 0.211. The Morgan fingerprint density at radius 3 is 2.72 bits per heavy atom. The summed E-state index contributed by atoms with van der Waals surface area (Å²) in [5.41, 5.74) is 2.94. The van der Waals surface area contributed by atoms with E-state index in [4.69, 9.17) is 4.52 Å². The minimum Gasteiger partial charge on any atom is -0.339 e. The maximum Gasteiger partial charge on any atom is 0.248 e. The van der Waals surface area contributed by atoms with Crippen LogP contribution in [0, 0.1) is 13.8 Å². The highest BCUT2D eigenvalue weighted by Gasteiger charge is 2.13. The Hall–Kier alpha value is -2.73. The molecule has 6 heteroatoms. The summed E-state index contributed by atoms with van der Waals surface area (Å²) in [6, 6.07) is 9.87. The van der Waals surface area contributed by atoms with E-state index in [0.29, 0.717) is 18.1 Å². The van der Waals surface area contributed by atoms with Crippen LogP contribution in [0.1, 0.15) is 28.8 Å². The van der Waals surface area contributed by atoms with E-state index in [0.717, 1.165) is 21.0 Å². The van der Waals surface area contributed by atoms with E-state index in [1.54, 1.807) is 6.08 Å². The van der Waals surface area contributed by atoms with E-state index in [1.807, 2.05) is 51.1 Å². The van der Waals surface area contributed by atoms with Gasteiger partial charge in [-0.05, 0) is 31.6 Å². The Kier molecular flexibility index (Phi) is 5.09. The molecule has 2 aromatic heterocycles. The molecule has 25 heavy (non-hydrogen) atoms. The number of rotatable bonds is 5. The topological polar surface area (TPSA) is 68.0 Å². The predicted octanol–water partition coefficient (Wildman–Crippen LogP) is 4.63. The number of carbonyl (C=O) groups excluding carboxylic acids is 1. The van der Waals surface area contributed by atoms with Crippen molar-refractivity contribution in [3.8, 4) is 10.7 Å². The second-order valence-electron chi connectivity index (χ2n) is 5.68. The standard InChI is InChI=1S/C19H19N3O2S/c1-4-18-21-19(22-24-18)16-11-15(13(3)25-16)20-17(23)10-9-14-7-5-12(2)6-8-14/h5-11H,4H2,1-3H3,(H,20,23). The molecule has 128 valence electrons. The highest BCUT2D eigenvalue weighted by atomic mass is 32.1. The van der Waals surface area contributed by atoms with E-state index in [9.17, 15) is 4.79 Å². The summed E-state index contributed by atoms with van der Waals surface area (Å²) in [6.45, 7) is 5.95. The van der Waals surface area contributed by atoms with Crippen molar-refractivity contribution in [2.75, 3.05) is 5.32 Å². The van der Waals surface area contributed by atoms with E-state index in [-0.39, 0.29) is 5.91 Å². The molecule has 3 rings (SSSR count). The van der Waals surface area contributed by atoms with Gasteiger partial charge in [-0.2, -0.15) is 4.98 Å². The molecule has 1 aromatic carbocycles. The number of aryl methyl sites for hydroxylation is 3. The van der Waals surface area contributed by atoms with Crippen LogP contribution in [0.3, 0.4) is 0 Å². The molecule has 0 fully saturated rings. The van der Waals surface area contributed by atoms with Gasteiger partial charge in [-0.1, -0.05) is 41.9 Å². The predicted molar refractivity (Wildman–Crippen MR) is 101 cm³/mol. The average Bonchev–Trinajstić information content (AvgIpc) is 3.21. The Balaban J connectivity index is 1.70. The Morgan fingerprint density at radius 1 is 1.28 bits per heavy atom. The quantitative estimate of drug-likeness (QED) is 0.679. The van der Waals surface area contributed by atoms with Crippen LogP contribution in [0.5, 0.6) is 0 Å². The molecule has 1 amide bonds. The van der Waals surface area contributed by atoms with Crippen molar-refractivity contribution in [1.82, 2.24) is 10.1 Å². The first-order valence-corrected chi connectivity index (χ1v) is 8.86. The first kappa shape index (κ1) is 17.1. The Bertz CT molecular complexity index is 907. The highest BCUT2D eigenvalue weighted by Crippen LogP contribution is 2.32. The molecule has 0 atom stereocenters. The van der Waals surface area contributed by atoms with Crippen LogP contribution in [-0.2, 0) is 11.2 Å². The lowest BCUT2D eigenvalue weighted by molar-refractivity contribution is -0.111. The first-order chi connectivity index (χ1) is 12.0. The largest absolute Gasteiger partial charge is 0.339 e. The Labute approximate surface area is 150 Å². The van der Waals surface area contributed by atoms with E-state index >= 15 is 0 Å². The maximum atomic E-state index is 12.2. The highest BCUT2D eigenvalue weighted by molar-refractivity contribution is 7.16. The van der Waals surface area contributed by atoms with E-state index in [1.165, 1.54) is 23.0 Å². The number of aromatic nitrogens is 2. The summed E-state index contributed by atoms with van der Waals surface area (Å²) in [5, 5.41) is 6.87. The lowest BCUT2D eigenvalue weighted by Gasteiger charge is -2.00. The number of carbonyl (C=O) groups is 1. The van der Waals surface area contributed by atoms with Crippen molar-refractivity contribution in [2.45, 2.75) is 27.2 Å². The van der Waals surface area contributed by atoms with Crippen LogP contribution in [0.15, 0.2) is 40.9 Å². The van der Waals surface area contributed by atoms with Gasteiger partial charge in [-0.15, -0.1) is 11.3 Å². The molecule has 0 saturated carbocycles. The van der Waals surface area contributed by atoms with Crippen molar-refractivity contribution in [3.05, 3.63) is 58.3 Å². The van der Waals surface area contributed by atoms with Gasteiger partial charge < -0.3 is 9.84 Å². The zero-order valence-corrected chi connectivity index (χ0v) is 15.2. The van der Waals surface area contributed by atoms with Crippen LogP contribution in [0.25, 0.3) is 16.8 Å². The van der Waals surface area contributed by atoms with Gasteiger partial charge in [0, 0.05) is 17.4 Å². The summed E-state index contributed by atoms with van der Waals surface area (Å²) in [6.07, 6.45) is 4.03. The normalized spacial score (nSPS) is 11.2. The molecule has 0 unspecified atom stereocenters. The van der Waals surface area contributed by atoms with Crippen LogP contribution in [0.2, 0.25) is 0 Å². The van der Waals surface area contributed by atoms with Crippen LogP contribution in [-0.4, -0.2) is 16.0 Å². The van der Waals surface area contributed by atoms with E-state index < -0.39 is 0 Å². The lowest BCUT2D eigenvalue weighted by Crippen LogP contribution is -2.07. The number of hydrogen-bond donors (Lipinski definition) is 1. The molecular weight excluding hydrogens is 334 g/mol. The Morgan fingerprint density at radius 2 is 2.04 bits per heavy atom. The summed E-state index contributed by atoms with van der Waals surface area (Å²) >= 11 is 1.53. The third kappa shape index (κ3) is 4.22. The number of anilines is 1. The maximum absolute atomic E-state index is 12.2. The zero-order chi connectivity index (χ0) is 17.8. The van der Waals surface area contributed by atoms with Gasteiger partial charge >= 0.3 is 0 Å². The molecule has 0 saturated heterocycles. The molecule has 0 bridgehead atoms. The number of thiophene rings is 1. The van der Waals surface area contributed by atoms with Crippen molar-refractivity contribution in [2.24, 2.45) is 0 Å². The molecule has 0 spiro atoms. The third-order valence-corrected chi connectivity index (χ3v) is 4.72. The SMILES string of the molecule is CCc1nc(-c2cc(NC(=O)C=Cc3ccc(C)cc3)c(C)s2)no1. The molecular formula is C19H19N3O2S. The van der Waals surface area contributed by atoms with Crippen LogP contribution < -0.4 is 5.32 Å². The second-order valence-corrected chi connectivity index (χ2v) is 6.94. The van der Waals surface area contributed by atoms with Crippen molar-refractivity contribution < 1.29 is 9.32 Å². The molecule has 0 aliphatic heterocycles. The smallest absolute Gasteiger partial charge is 0.248 e. The number of nitrogens with one attached hydrogen (secondary N) is 1. The number of amides is 1. The molecule has 2 heterocycles. The number of nitrogens with zero attached hydrogens (tertiary/aromatic N) is 2. The van der Waals surface area contributed by atoms with E-state index in [2.05, 4.69) is 15.5 Å². The molecule has 3 aromatic rings. The minimum atomic E-state index is -0.171. The summed E-state index contributed by atoms with van der Waals surface area (Å²) in [5.74, 6) is 0.990. The van der Waals surface area contributed by atoms with Crippen molar-refractivity contribution >= 4 is 29.0 Å². The minimum absolute atomic E-state index is 0.171. The molecule has 0 aliphatic carbocycles. The molecule has 0 radical (unpaired) electrons. The molecule has 5 nitrogen and oxygen atoms in total. The number of hydrogen-bond acceptors (Lipinski definition) is 5. The average molecular weight is 353 g/mol. The molecule has 0 aliphatic rings. The van der Waals surface area contributed by atoms with Crippen molar-refractivity contribution in [3.63, 3.8) is 0 Å². The van der Waals surface area contributed by atoms with Crippen LogP contribution >= 0.6 is 11.3 Å². The first-order valence-electron chi connectivity index (χ1n) is 8.04. The van der Waals surface area contributed by atoms with Gasteiger partial charge in [0.25, 0.3) is 0 Å². The van der Waals surface area contributed by atoms with Gasteiger partial charge in [-0.25, -0.2) is 0 Å². The van der Waals surface area contributed by atoms with Gasteiger partial charge in [0.05, 0.1) is 10.6 Å². The van der Waals surface area contributed by atoms with Crippen molar-refractivity contribution in [1.29, 1.82) is 0 Å². The van der Waals surface area contributed by atoms with Gasteiger partial charge in [-0.3, -0.25) is 4.79 Å². The summed E-state index contributed by atoms with van der Waals surface area (Å²) < 4.78 is 5.14. The number of benzene rings is 1. The molecule has 1 N–H and O–H groups in total. The second kappa shape index (κ2) is 7.44. The third-order valence-electron chi connectivity index (χ3n) is 3.67. The summed E-state index contributed by atoms with van der Waals surface area (Å²) in [4.78, 5) is 18.3. The van der Waals surface area contributed by atoms with Crippen LogP contribution in [0.4, 0.5) is 5.69 Å². The fourth-order valence-electron chi connectivity index (χ4n) is 2.24. The zero-order valence-electron chi connectivity index (χ0n) is 14.4. The van der Waals surface area contributed by atoms with Gasteiger partial charge in [0.1, 0.15) is 0 Å². The summed E-state index contributed by atoms with van der Waals surface area (Å²) in [7, 11) is 0. The lowest BCUT2D eigenvalue weighted by atomic mass is 10.1. The fourth-order valence-corrected chi connectivity index (χ4v) is 3.14. The monoisotopic (exact) mass is 353 g/mol.